The summed E-state index contributed by atoms with van der Waals surface area (Å²) < 4.78 is 10.3. The molecule has 1 aliphatic heterocycles. The van der Waals surface area contributed by atoms with Crippen molar-refractivity contribution < 1.29 is 14.3 Å². The molecule has 2 aromatic rings. The summed E-state index contributed by atoms with van der Waals surface area (Å²) in [5.41, 5.74) is 2.59. The average Bonchev–Trinajstić information content (AvgIpc) is 2.60. The number of nitrogens with one attached hydrogen (secondary N) is 1. The predicted octanol–water partition coefficient (Wildman–Crippen LogP) is 4.22. The molecule has 5 nitrogen and oxygen atoms in total. The summed E-state index contributed by atoms with van der Waals surface area (Å²) in [4.78, 5) is 16.0. The van der Waals surface area contributed by atoms with Crippen LogP contribution in [0.4, 0.5) is 16.2 Å². The van der Waals surface area contributed by atoms with Gasteiger partial charge in [-0.1, -0.05) is 30.3 Å². The minimum absolute atomic E-state index is 0.467. The molecule has 0 bridgehead atoms. The Labute approximate surface area is 138 Å². The lowest BCUT2D eigenvalue weighted by Crippen LogP contribution is -2.14. The van der Waals surface area contributed by atoms with Crippen LogP contribution in [0.15, 0.2) is 53.5 Å². The lowest BCUT2D eigenvalue weighted by molar-refractivity contribution is 0.187. The van der Waals surface area contributed by atoms with Crippen molar-refractivity contribution in [3.63, 3.8) is 0 Å². The molecule has 3 rings (SSSR count). The van der Waals surface area contributed by atoms with Crippen LogP contribution in [-0.4, -0.2) is 24.9 Å². The number of para-hydroxylation sites is 3. The molecule has 0 radical (unpaired) electrons. The number of anilines is 1. The number of hydrogen-bond acceptors (Lipinski definition) is 5. The molecular formula is C17H16N2O3S. The van der Waals surface area contributed by atoms with E-state index in [2.05, 4.69) is 15.0 Å². The summed E-state index contributed by atoms with van der Waals surface area (Å²) in [5, 5.41) is 3.63. The zero-order valence-electron chi connectivity index (χ0n) is 12.6. The van der Waals surface area contributed by atoms with Crippen LogP contribution in [0.5, 0.6) is 5.75 Å². The molecule has 6 heteroatoms. The normalized spacial score (nSPS) is 12.7. The minimum atomic E-state index is -0.477. The Kier molecular flexibility index (Phi) is 4.83. The van der Waals surface area contributed by atoms with Crippen LogP contribution in [0.25, 0.3) is 0 Å². The molecule has 0 spiro atoms. The van der Waals surface area contributed by atoms with Crippen LogP contribution < -0.4 is 10.1 Å². The molecule has 0 fully saturated rings. The van der Waals surface area contributed by atoms with E-state index < -0.39 is 6.09 Å². The number of carbonyl (C=O) groups is 1. The Hall–Kier alpha value is -2.47. The van der Waals surface area contributed by atoms with Gasteiger partial charge < -0.3 is 9.47 Å². The van der Waals surface area contributed by atoms with Crippen molar-refractivity contribution in [3.8, 4) is 5.75 Å². The van der Waals surface area contributed by atoms with E-state index in [4.69, 9.17) is 4.74 Å². The van der Waals surface area contributed by atoms with Gasteiger partial charge in [0.1, 0.15) is 23.1 Å². The van der Waals surface area contributed by atoms with Gasteiger partial charge in [0.2, 0.25) is 0 Å². The zero-order chi connectivity index (χ0) is 16.1. The van der Waals surface area contributed by atoms with Gasteiger partial charge in [-0.2, -0.15) is 0 Å². The third kappa shape index (κ3) is 3.84. The smallest absolute Gasteiger partial charge is 0.411 e. The van der Waals surface area contributed by atoms with Gasteiger partial charge in [0.05, 0.1) is 7.11 Å². The van der Waals surface area contributed by atoms with E-state index in [9.17, 15) is 4.79 Å². The third-order valence-corrected chi connectivity index (χ3v) is 4.29. The van der Waals surface area contributed by atoms with Gasteiger partial charge in [0, 0.05) is 11.4 Å². The van der Waals surface area contributed by atoms with Crippen molar-refractivity contribution in [2.75, 3.05) is 19.0 Å². The van der Waals surface area contributed by atoms with Gasteiger partial charge in [0.25, 0.3) is 0 Å². The first-order valence-corrected chi connectivity index (χ1v) is 8.10. The fourth-order valence-electron chi connectivity index (χ4n) is 2.14. The molecule has 1 heterocycles. The fraction of sp³-hybridized carbons (Fsp3) is 0.176. The van der Waals surface area contributed by atoms with Crippen molar-refractivity contribution in [1.82, 2.24) is 0 Å². The number of aliphatic imine (C=N–C) groups is 1. The molecule has 0 saturated heterocycles. The minimum Gasteiger partial charge on any atom is -0.484 e. The number of ether oxygens (including phenoxy) is 2. The quantitative estimate of drug-likeness (QED) is 0.916. The second kappa shape index (κ2) is 7.19. The van der Waals surface area contributed by atoms with Crippen LogP contribution in [0.1, 0.15) is 5.56 Å². The number of carbonyl (C=O) groups excluding carboxylic acids is 1. The number of hydrogen-bond donors (Lipinski definition) is 1. The lowest BCUT2D eigenvalue weighted by Gasteiger charge is -2.16. The number of thioether (sulfide) groups is 1. The topological polar surface area (TPSA) is 59.9 Å². The number of benzene rings is 2. The number of nitrogens with zero attached hydrogens (tertiary/aromatic N) is 1. The van der Waals surface area contributed by atoms with Gasteiger partial charge in [-0.15, -0.1) is 11.8 Å². The maximum atomic E-state index is 11.4. The Morgan fingerprint density at radius 2 is 2.04 bits per heavy atom. The summed E-state index contributed by atoms with van der Waals surface area (Å²) >= 11 is 1.60. The molecule has 1 amide bonds. The summed E-state index contributed by atoms with van der Waals surface area (Å²) in [6.45, 7) is 0.467. The van der Waals surface area contributed by atoms with Gasteiger partial charge in [0.15, 0.2) is 0 Å². The molecule has 0 aromatic heterocycles. The summed E-state index contributed by atoms with van der Waals surface area (Å²) in [6.07, 6.45) is -0.477. The highest BCUT2D eigenvalue weighted by Gasteiger charge is 2.14. The molecule has 23 heavy (non-hydrogen) atoms. The highest BCUT2D eigenvalue weighted by Crippen LogP contribution is 2.33. The van der Waals surface area contributed by atoms with E-state index in [0.29, 0.717) is 12.4 Å². The van der Waals surface area contributed by atoms with Crippen LogP contribution in [0, 0.1) is 0 Å². The average molecular weight is 328 g/mol. The largest absolute Gasteiger partial charge is 0.484 e. The standard InChI is InChI=1S/C17H16N2O3S/c1-21-17(20)19-13-7-3-2-6-12(13)11-23-16-10-22-15-9-5-4-8-14(15)18-16/h2-9H,10-11H2,1H3,(H,19,20). The van der Waals surface area contributed by atoms with Gasteiger partial charge in [-0.05, 0) is 23.8 Å². The molecule has 2 aromatic carbocycles. The van der Waals surface area contributed by atoms with E-state index >= 15 is 0 Å². The highest BCUT2D eigenvalue weighted by molar-refractivity contribution is 8.13. The monoisotopic (exact) mass is 328 g/mol. The first kappa shape index (κ1) is 15.4. The molecule has 0 aliphatic carbocycles. The number of rotatable bonds is 3. The Morgan fingerprint density at radius 3 is 2.91 bits per heavy atom. The molecule has 0 atom stereocenters. The Balaban J connectivity index is 1.70. The SMILES string of the molecule is COC(=O)Nc1ccccc1CSC1=Nc2ccccc2OC1. The Bertz CT molecular complexity index is 746. The molecule has 0 saturated carbocycles. The number of amides is 1. The molecule has 0 unspecified atom stereocenters. The maximum Gasteiger partial charge on any atom is 0.411 e. The van der Waals surface area contributed by atoms with E-state index in [-0.39, 0.29) is 0 Å². The lowest BCUT2D eigenvalue weighted by atomic mass is 10.2. The Morgan fingerprint density at radius 1 is 1.26 bits per heavy atom. The van der Waals surface area contributed by atoms with Crippen molar-refractivity contribution in [2.45, 2.75) is 5.75 Å². The van der Waals surface area contributed by atoms with Crippen molar-refractivity contribution >= 4 is 34.3 Å². The molecule has 118 valence electrons. The molecular weight excluding hydrogens is 312 g/mol. The van der Waals surface area contributed by atoms with E-state index in [0.717, 1.165) is 27.7 Å². The first-order valence-electron chi connectivity index (χ1n) is 7.11. The van der Waals surface area contributed by atoms with E-state index in [1.807, 2.05) is 48.5 Å². The van der Waals surface area contributed by atoms with E-state index in [1.54, 1.807) is 11.8 Å². The van der Waals surface area contributed by atoms with Crippen LogP contribution in [0.3, 0.4) is 0 Å². The summed E-state index contributed by atoms with van der Waals surface area (Å²) in [6, 6.07) is 15.3. The predicted molar refractivity (Wildman–Crippen MR) is 92.8 cm³/mol. The first-order chi connectivity index (χ1) is 11.3. The van der Waals surface area contributed by atoms with Gasteiger partial charge >= 0.3 is 6.09 Å². The number of fused-ring (bicyclic) bond motifs is 1. The van der Waals surface area contributed by atoms with E-state index in [1.165, 1.54) is 7.11 Å². The number of methoxy groups -OCH3 is 1. The van der Waals surface area contributed by atoms with Crippen LogP contribution in [-0.2, 0) is 10.5 Å². The van der Waals surface area contributed by atoms with Gasteiger partial charge in [-0.25, -0.2) is 9.79 Å². The summed E-state index contributed by atoms with van der Waals surface area (Å²) in [7, 11) is 1.35. The molecule has 1 N–H and O–H groups in total. The van der Waals surface area contributed by atoms with Crippen LogP contribution in [0.2, 0.25) is 0 Å². The summed E-state index contributed by atoms with van der Waals surface area (Å²) in [5.74, 6) is 1.49. The highest BCUT2D eigenvalue weighted by atomic mass is 32.2. The van der Waals surface area contributed by atoms with Crippen LogP contribution >= 0.6 is 11.8 Å². The van der Waals surface area contributed by atoms with Gasteiger partial charge in [-0.3, -0.25) is 5.32 Å². The zero-order valence-corrected chi connectivity index (χ0v) is 13.4. The van der Waals surface area contributed by atoms with Crippen molar-refractivity contribution in [2.24, 2.45) is 4.99 Å². The van der Waals surface area contributed by atoms with Crippen molar-refractivity contribution in [1.29, 1.82) is 0 Å². The fourth-order valence-corrected chi connectivity index (χ4v) is 3.02. The van der Waals surface area contributed by atoms with Crippen molar-refractivity contribution in [3.05, 3.63) is 54.1 Å². The maximum absolute atomic E-state index is 11.4. The molecule has 1 aliphatic rings. The third-order valence-electron chi connectivity index (χ3n) is 3.30. The second-order valence-corrected chi connectivity index (χ2v) is 5.87. The second-order valence-electron chi connectivity index (χ2n) is 4.82.